The molecule has 0 spiro atoms. The van der Waals surface area contributed by atoms with Gasteiger partial charge in [0.2, 0.25) is 0 Å². The standard InChI is InChI=1S/C26H22N4O3S/c1-2-17-6-10-19(11-7-17)29-25(24(28-26(29)34)21-5-3-4-16-27-21)23-15-14-22(33-23)18-8-12-20(13-9-18)30(31)32/h3-16,24-25H,2H2,1H3,(H,28,34). The molecule has 2 aromatic carbocycles. The molecule has 1 saturated heterocycles. The molecule has 0 amide bonds. The van der Waals surface area contributed by atoms with Crippen LogP contribution in [0.4, 0.5) is 11.4 Å². The van der Waals surface area contributed by atoms with E-state index in [0.29, 0.717) is 10.9 Å². The van der Waals surface area contributed by atoms with Gasteiger partial charge in [-0.3, -0.25) is 15.1 Å². The lowest BCUT2D eigenvalue weighted by Gasteiger charge is -2.26. The van der Waals surface area contributed by atoms with Crippen LogP contribution in [0.2, 0.25) is 0 Å². The first-order valence-corrected chi connectivity index (χ1v) is 11.4. The highest BCUT2D eigenvalue weighted by molar-refractivity contribution is 7.80. The average molecular weight is 471 g/mol. The Bertz CT molecular complexity index is 1320. The van der Waals surface area contributed by atoms with Crippen LogP contribution in [0, 0.1) is 10.1 Å². The maximum Gasteiger partial charge on any atom is 0.269 e. The number of benzene rings is 2. The second-order valence-electron chi connectivity index (χ2n) is 8.02. The van der Waals surface area contributed by atoms with Crippen molar-refractivity contribution in [3.8, 4) is 11.3 Å². The summed E-state index contributed by atoms with van der Waals surface area (Å²) in [6.07, 6.45) is 2.72. The van der Waals surface area contributed by atoms with E-state index in [1.165, 1.54) is 17.7 Å². The summed E-state index contributed by atoms with van der Waals surface area (Å²) >= 11 is 5.76. The van der Waals surface area contributed by atoms with Crippen LogP contribution in [0.1, 0.15) is 36.0 Å². The number of rotatable bonds is 6. The molecular formula is C26H22N4O3S. The van der Waals surface area contributed by atoms with Crippen molar-refractivity contribution in [2.24, 2.45) is 0 Å². The van der Waals surface area contributed by atoms with E-state index in [1.807, 2.05) is 30.3 Å². The predicted octanol–water partition coefficient (Wildman–Crippen LogP) is 5.99. The third-order valence-corrected chi connectivity index (χ3v) is 6.32. The lowest BCUT2D eigenvalue weighted by molar-refractivity contribution is -0.384. The van der Waals surface area contributed by atoms with Crippen LogP contribution in [-0.2, 0) is 6.42 Å². The number of aromatic nitrogens is 1. The van der Waals surface area contributed by atoms with Gasteiger partial charge in [0.1, 0.15) is 17.6 Å². The number of nitrogens with zero attached hydrogens (tertiary/aromatic N) is 3. The van der Waals surface area contributed by atoms with Gasteiger partial charge in [0.05, 0.1) is 16.7 Å². The van der Waals surface area contributed by atoms with E-state index in [0.717, 1.165) is 29.1 Å². The number of nitro benzene ring substituents is 1. The average Bonchev–Trinajstić information content (AvgIpc) is 3.49. The minimum absolute atomic E-state index is 0.0396. The Labute approximate surface area is 202 Å². The van der Waals surface area contributed by atoms with Crippen LogP contribution >= 0.6 is 12.2 Å². The molecule has 0 bridgehead atoms. The molecule has 1 fully saturated rings. The number of nitro groups is 1. The summed E-state index contributed by atoms with van der Waals surface area (Å²) in [6.45, 7) is 2.12. The van der Waals surface area contributed by atoms with Gasteiger partial charge >= 0.3 is 0 Å². The van der Waals surface area contributed by atoms with Crippen LogP contribution in [0.5, 0.6) is 0 Å². The first-order valence-electron chi connectivity index (χ1n) is 11.0. The van der Waals surface area contributed by atoms with Crippen LogP contribution < -0.4 is 10.2 Å². The van der Waals surface area contributed by atoms with E-state index in [2.05, 4.69) is 46.4 Å². The first kappa shape index (κ1) is 21.8. The monoisotopic (exact) mass is 470 g/mol. The fourth-order valence-corrected chi connectivity index (χ4v) is 4.57. The van der Waals surface area contributed by atoms with Crippen molar-refractivity contribution < 1.29 is 9.34 Å². The number of aryl methyl sites for hydroxylation is 1. The quantitative estimate of drug-likeness (QED) is 0.210. The molecule has 2 aromatic heterocycles. The summed E-state index contributed by atoms with van der Waals surface area (Å²) in [7, 11) is 0. The Kier molecular flexibility index (Phi) is 5.81. The molecular weight excluding hydrogens is 448 g/mol. The molecule has 2 atom stereocenters. The Morgan fingerprint density at radius 3 is 2.47 bits per heavy atom. The van der Waals surface area contributed by atoms with E-state index in [-0.39, 0.29) is 17.8 Å². The zero-order chi connectivity index (χ0) is 23.7. The topological polar surface area (TPSA) is 84.4 Å². The van der Waals surface area contributed by atoms with E-state index >= 15 is 0 Å². The van der Waals surface area contributed by atoms with Crippen LogP contribution in [-0.4, -0.2) is 15.0 Å². The lowest BCUT2D eigenvalue weighted by Crippen LogP contribution is -2.29. The molecule has 0 aliphatic carbocycles. The highest BCUT2D eigenvalue weighted by atomic mass is 32.1. The van der Waals surface area contributed by atoms with Gasteiger partial charge in [-0.15, -0.1) is 0 Å². The van der Waals surface area contributed by atoms with Crippen molar-refractivity contribution in [3.05, 3.63) is 112 Å². The largest absolute Gasteiger partial charge is 0.459 e. The molecule has 0 saturated carbocycles. The number of hydrogen-bond acceptors (Lipinski definition) is 5. The summed E-state index contributed by atoms with van der Waals surface area (Å²) in [5, 5.41) is 15.0. The second-order valence-corrected chi connectivity index (χ2v) is 8.41. The normalized spacial score (nSPS) is 17.6. The number of thiocarbonyl (C=S) groups is 1. The molecule has 170 valence electrons. The first-order chi connectivity index (χ1) is 16.5. The van der Waals surface area contributed by atoms with E-state index in [4.69, 9.17) is 16.6 Å². The van der Waals surface area contributed by atoms with Crippen molar-refractivity contribution in [1.29, 1.82) is 0 Å². The highest BCUT2D eigenvalue weighted by Gasteiger charge is 2.42. The fourth-order valence-electron chi connectivity index (χ4n) is 4.23. The van der Waals surface area contributed by atoms with E-state index < -0.39 is 4.92 Å². The predicted molar refractivity (Wildman–Crippen MR) is 135 cm³/mol. The molecule has 2 unspecified atom stereocenters. The van der Waals surface area contributed by atoms with Gasteiger partial charge in [0, 0.05) is 29.6 Å². The molecule has 7 nitrogen and oxygen atoms in total. The Hall–Kier alpha value is -4.04. The van der Waals surface area contributed by atoms with Gasteiger partial charge in [0.15, 0.2) is 5.11 Å². The smallest absolute Gasteiger partial charge is 0.269 e. The number of furan rings is 1. The minimum Gasteiger partial charge on any atom is -0.459 e. The summed E-state index contributed by atoms with van der Waals surface area (Å²) in [6, 6.07) is 23.8. The number of non-ortho nitro benzene ring substituents is 1. The summed E-state index contributed by atoms with van der Waals surface area (Å²) in [4.78, 5) is 17.2. The molecule has 1 aliphatic rings. The minimum atomic E-state index is -0.415. The SMILES string of the molecule is CCc1ccc(N2C(=S)NC(c3ccccn3)C2c2ccc(-c3ccc([N+](=O)[O-])cc3)o2)cc1. The zero-order valence-corrected chi connectivity index (χ0v) is 19.2. The number of hydrogen-bond donors (Lipinski definition) is 1. The van der Waals surface area contributed by atoms with Gasteiger partial charge in [-0.1, -0.05) is 25.1 Å². The molecule has 5 rings (SSSR count). The maximum atomic E-state index is 11.0. The van der Waals surface area contributed by atoms with Gasteiger partial charge in [-0.25, -0.2) is 0 Å². The molecule has 0 radical (unpaired) electrons. The molecule has 3 heterocycles. The van der Waals surface area contributed by atoms with Crippen molar-refractivity contribution in [1.82, 2.24) is 10.3 Å². The molecule has 1 aliphatic heterocycles. The maximum absolute atomic E-state index is 11.0. The fraction of sp³-hybridized carbons (Fsp3) is 0.154. The van der Waals surface area contributed by atoms with E-state index in [9.17, 15) is 10.1 Å². The lowest BCUT2D eigenvalue weighted by atomic mass is 10.0. The van der Waals surface area contributed by atoms with Crippen molar-refractivity contribution in [2.75, 3.05) is 4.90 Å². The van der Waals surface area contributed by atoms with Gasteiger partial charge in [-0.05, 0) is 72.7 Å². The third-order valence-electron chi connectivity index (χ3n) is 6.00. The van der Waals surface area contributed by atoms with Crippen LogP contribution in [0.3, 0.4) is 0 Å². The van der Waals surface area contributed by atoms with Crippen LogP contribution in [0.25, 0.3) is 11.3 Å². The molecule has 1 N–H and O–H groups in total. The van der Waals surface area contributed by atoms with Crippen LogP contribution in [0.15, 0.2) is 89.5 Å². The number of nitrogens with one attached hydrogen (secondary N) is 1. The van der Waals surface area contributed by atoms with Crippen molar-refractivity contribution in [2.45, 2.75) is 25.4 Å². The molecule has 4 aromatic rings. The van der Waals surface area contributed by atoms with Gasteiger partial charge in [0.25, 0.3) is 5.69 Å². The van der Waals surface area contributed by atoms with Crippen molar-refractivity contribution in [3.63, 3.8) is 0 Å². The number of pyridine rings is 1. The third kappa shape index (κ3) is 4.04. The Balaban J connectivity index is 1.55. The van der Waals surface area contributed by atoms with E-state index in [1.54, 1.807) is 18.3 Å². The number of anilines is 1. The van der Waals surface area contributed by atoms with Crippen molar-refractivity contribution >= 4 is 28.7 Å². The second kappa shape index (κ2) is 9.07. The molecule has 8 heteroatoms. The molecule has 34 heavy (non-hydrogen) atoms. The summed E-state index contributed by atoms with van der Waals surface area (Å²) in [5.41, 5.74) is 3.87. The zero-order valence-electron chi connectivity index (χ0n) is 18.4. The van der Waals surface area contributed by atoms with Gasteiger partial charge < -0.3 is 14.6 Å². The van der Waals surface area contributed by atoms with Gasteiger partial charge in [-0.2, -0.15) is 0 Å². The summed E-state index contributed by atoms with van der Waals surface area (Å²) < 4.78 is 6.31. The Morgan fingerprint density at radius 2 is 1.82 bits per heavy atom. The highest BCUT2D eigenvalue weighted by Crippen LogP contribution is 2.43. The Morgan fingerprint density at radius 1 is 1.06 bits per heavy atom. The summed E-state index contributed by atoms with van der Waals surface area (Å²) in [5.74, 6) is 1.35.